The van der Waals surface area contributed by atoms with Crippen molar-refractivity contribution in [3.63, 3.8) is 0 Å². The molecule has 0 spiro atoms. The van der Waals surface area contributed by atoms with Crippen LogP contribution in [0.2, 0.25) is 0 Å². The Bertz CT molecular complexity index is 963. The SMILES string of the molecule is CCOc1ccc(Br)cc1S(=O)(=O)N1CCN(Cc2ccc(OC)c(F)c2)CC1. The number of sulfonamides is 1. The van der Waals surface area contributed by atoms with Crippen LogP contribution in [0, 0.1) is 5.82 Å². The molecule has 1 aliphatic rings. The predicted octanol–water partition coefficient (Wildman–Crippen LogP) is 3.50. The van der Waals surface area contributed by atoms with E-state index in [-0.39, 0.29) is 10.6 Å². The highest BCUT2D eigenvalue weighted by atomic mass is 79.9. The summed E-state index contributed by atoms with van der Waals surface area (Å²) < 4.78 is 52.8. The van der Waals surface area contributed by atoms with Crippen molar-refractivity contribution < 1.29 is 22.3 Å². The molecule has 1 aliphatic heterocycles. The molecule has 0 unspecified atom stereocenters. The molecule has 29 heavy (non-hydrogen) atoms. The second-order valence-electron chi connectivity index (χ2n) is 6.67. The van der Waals surface area contributed by atoms with Crippen LogP contribution in [0.3, 0.4) is 0 Å². The zero-order valence-electron chi connectivity index (χ0n) is 16.4. The number of rotatable bonds is 7. The van der Waals surface area contributed by atoms with Gasteiger partial charge >= 0.3 is 0 Å². The topological polar surface area (TPSA) is 59.1 Å². The van der Waals surface area contributed by atoms with Crippen molar-refractivity contribution in [1.29, 1.82) is 0 Å². The number of nitrogens with zero attached hydrogens (tertiary/aromatic N) is 2. The van der Waals surface area contributed by atoms with Gasteiger partial charge in [0, 0.05) is 37.2 Å². The Hall–Kier alpha value is -1.68. The molecule has 0 bridgehead atoms. The van der Waals surface area contributed by atoms with Crippen molar-refractivity contribution in [2.24, 2.45) is 0 Å². The number of piperazine rings is 1. The van der Waals surface area contributed by atoms with Gasteiger partial charge < -0.3 is 9.47 Å². The first-order valence-electron chi connectivity index (χ1n) is 9.32. The van der Waals surface area contributed by atoms with E-state index in [1.807, 2.05) is 13.0 Å². The van der Waals surface area contributed by atoms with Crippen LogP contribution in [0.15, 0.2) is 45.8 Å². The van der Waals surface area contributed by atoms with E-state index in [4.69, 9.17) is 9.47 Å². The van der Waals surface area contributed by atoms with Crippen molar-refractivity contribution >= 4 is 26.0 Å². The molecule has 0 amide bonds. The summed E-state index contributed by atoms with van der Waals surface area (Å²) >= 11 is 3.34. The van der Waals surface area contributed by atoms with Crippen molar-refractivity contribution in [1.82, 2.24) is 9.21 Å². The number of benzene rings is 2. The molecule has 1 heterocycles. The van der Waals surface area contributed by atoms with Crippen molar-refractivity contribution in [2.75, 3.05) is 39.9 Å². The third-order valence-electron chi connectivity index (χ3n) is 4.78. The molecule has 1 fully saturated rings. The van der Waals surface area contributed by atoms with Gasteiger partial charge in [-0.05, 0) is 42.8 Å². The molecule has 3 rings (SSSR count). The minimum Gasteiger partial charge on any atom is -0.494 e. The monoisotopic (exact) mass is 486 g/mol. The number of halogens is 2. The summed E-state index contributed by atoms with van der Waals surface area (Å²) in [6.07, 6.45) is 0. The van der Waals surface area contributed by atoms with E-state index >= 15 is 0 Å². The highest BCUT2D eigenvalue weighted by molar-refractivity contribution is 9.10. The van der Waals surface area contributed by atoms with E-state index in [9.17, 15) is 12.8 Å². The number of hydrogen-bond acceptors (Lipinski definition) is 5. The minimum atomic E-state index is -3.67. The van der Waals surface area contributed by atoms with Gasteiger partial charge in [0.2, 0.25) is 10.0 Å². The van der Waals surface area contributed by atoms with Crippen LogP contribution in [0.4, 0.5) is 4.39 Å². The summed E-state index contributed by atoms with van der Waals surface area (Å²) in [7, 11) is -2.24. The normalized spacial score (nSPS) is 16.0. The first kappa shape index (κ1) is 22.0. The van der Waals surface area contributed by atoms with Gasteiger partial charge in [0.05, 0.1) is 13.7 Å². The van der Waals surface area contributed by atoms with Crippen LogP contribution < -0.4 is 9.47 Å². The van der Waals surface area contributed by atoms with E-state index in [0.29, 0.717) is 49.6 Å². The van der Waals surface area contributed by atoms with Crippen LogP contribution >= 0.6 is 15.9 Å². The first-order chi connectivity index (χ1) is 13.8. The molecule has 0 aliphatic carbocycles. The molecule has 6 nitrogen and oxygen atoms in total. The van der Waals surface area contributed by atoms with Gasteiger partial charge in [-0.25, -0.2) is 12.8 Å². The molecule has 2 aromatic rings. The highest BCUT2D eigenvalue weighted by Gasteiger charge is 2.31. The summed E-state index contributed by atoms with van der Waals surface area (Å²) in [5, 5.41) is 0. The fourth-order valence-corrected chi connectivity index (χ4v) is 5.38. The predicted molar refractivity (Wildman–Crippen MR) is 112 cm³/mol. The molecule has 0 saturated carbocycles. The minimum absolute atomic E-state index is 0.166. The summed E-state index contributed by atoms with van der Waals surface area (Å²) in [6.45, 7) is 4.60. The summed E-state index contributed by atoms with van der Waals surface area (Å²) in [5.41, 5.74) is 0.824. The maximum Gasteiger partial charge on any atom is 0.246 e. The molecule has 0 N–H and O–H groups in total. The van der Waals surface area contributed by atoms with Crippen LogP contribution in [-0.2, 0) is 16.6 Å². The molecule has 0 radical (unpaired) electrons. The van der Waals surface area contributed by atoms with Crippen LogP contribution in [0.25, 0.3) is 0 Å². The van der Waals surface area contributed by atoms with E-state index in [0.717, 1.165) is 5.56 Å². The van der Waals surface area contributed by atoms with Gasteiger partial charge in [-0.1, -0.05) is 22.0 Å². The van der Waals surface area contributed by atoms with E-state index in [1.54, 1.807) is 24.3 Å². The van der Waals surface area contributed by atoms with Crippen LogP contribution in [0.1, 0.15) is 12.5 Å². The van der Waals surface area contributed by atoms with E-state index < -0.39 is 15.8 Å². The zero-order chi connectivity index (χ0) is 21.0. The van der Waals surface area contributed by atoms with Gasteiger partial charge in [-0.3, -0.25) is 4.90 Å². The Morgan fingerprint density at radius 2 is 1.76 bits per heavy atom. The lowest BCUT2D eigenvalue weighted by Crippen LogP contribution is -2.48. The lowest BCUT2D eigenvalue weighted by atomic mass is 10.2. The third kappa shape index (κ3) is 5.09. The largest absolute Gasteiger partial charge is 0.494 e. The van der Waals surface area contributed by atoms with Gasteiger partial charge in [0.25, 0.3) is 0 Å². The summed E-state index contributed by atoms with van der Waals surface area (Å²) in [4.78, 5) is 2.27. The lowest BCUT2D eigenvalue weighted by molar-refractivity contribution is 0.181. The maximum atomic E-state index is 13.9. The van der Waals surface area contributed by atoms with E-state index in [1.165, 1.54) is 17.5 Å². The smallest absolute Gasteiger partial charge is 0.246 e. The van der Waals surface area contributed by atoms with Gasteiger partial charge in [-0.15, -0.1) is 0 Å². The number of ether oxygens (including phenoxy) is 2. The summed E-state index contributed by atoms with van der Waals surface area (Å²) in [5.74, 6) is 0.167. The fraction of sp³-hybridized carbons (Fsp3) is 0.400. The Labute approximate surface area is 179 Å². The molecule has 9 heteroatoms. The number of hydrogen-bond donors (Lipinski definition) is 0. The molecule has 0 atom stereocenters. The molecule has 158 valence electrons. The van der Waals surface area contributed by atoms with E-state index in [2.05, 4.69) is 20.8 Å². The fourth-order valence-electron chi connectivity index (χ4n) is 3.29. The van der Waals surface area contributed by atoms with Gasteiger partial charge in [-0.2, -0.15) is 4.31 Å². The number of methoxy groups -OCH3 is 1. The van der Waals surface area contributed by atoms with Gasteiger partial charge in [0.15, 0.2) is 11.6 Å². The second-order valence-corrected chi connectivity index (χ2v) is 9.50. The molecule has 2 aromatic carbocycles. The highest BCUT2D eigenvalue weighted by Crippen LogP contribution is 2.30. The molecule has 0 aromatic heterocycles. The molecule has 1 saturated heterocycles. The van der Waals surface area contributed by atoms with Crippen molar-refractivity contribution in [3.8, 4) is 11.5 Å². The summed E-state index contributed by atoms with van der Waals surface area (Å²) in [6, 6.07) is 9.88. The second kappa shape index (κ2) is 9.42. The van der Waals surface area contributed by atoms with Crippen molar-refractivity contribution in [3.05, 3.63) is 52.3 Å². The average molecular weight is 487 g/mol. The van der Waals surface area contributed by atoms with Gasteiger partial charge in [0.1, 0.15) is 10.6 Å². The Morgan fingerprint density at radius 1 is 1.07 bits per heavy atom. The Balaban J connectivity index is 1.68. The zero-order valence-corrected chi connectivity index (χ0v) is 18.8. The lowest BCUT2D eigenvalue weighted by Gasteiger charge is -2.34. The molecular formula is C20H24BrFN2O4S. The first-order valence-corrected chi connectivity index (χ1v) is 11.6. The average Bonchev–Trinajstić information content (AvgIpc) is 2.70. The third-order valence-corrected chi connectivity index (χ3v) is 7.19. The maximum absolute atomic E-state index is 13.9. The Kier molecular flexibility index (Phi) is 7.15. The quantitative estimate of drug-likeness (QED) is 0.599. The Morgan fingerprint density at radius 3 is 2.38 bits per heavy atom. The van der Waals surface area contributed by atoms with Crippen LogP contribution in [-0.4, -0.2) is 57.5 Å². The molecular weight excluding hydrogens is 463 g/mol. The van der Waals surface area contributed by atoms with Crippen LogP contribution in [0.5, 0.6) is 11.5 Å². The standard InChI is InChI=1S/C20H24BrFN2O4S/c1-3-28-19-7-5-16(21)13-20(19)29(25,26)24-10-8-23(9-11-24)14-15-4-6-18(27-2)17(22)12-15/h4-7,12-13H,3,8-11,14H2,1-2H3. The van der Waals surface area contributed by atoms with Crippen molar-refractivity contribution in [2.45, 2.75) is 18.4 Å².